The van der Waals surface area contributed by atoms with Gasteiger partial charge in [0.2, 0.25) is 0 Å². The molecular weight excluding hydrogens is 250 g/mol. The fourth-order valence-corrected chi connectivity index (χ4v) is 2.32. The summed E-state index contributed by atoms with van der Waals surface area (Å²) < 4.78 is 0. The third-order valence-corrected chi connectivity index (χ3v) is 3.34. The molecule has 0 amide bonds. The molecule has 0 saturated heterocycles. The lowest BCUT2D eigenvalue weighted by atomic mass is 9.95. The summed E-state index contributed by atoms with van der Waals surface area (Å²) in [7, 11) is 4.00. The highest BCUT2D eigenvalue weighted by Gasteiger charge is 2.10. The van der Waals surface area contributed by atoms with Crippen molar-refractivity contribution in [3.05, 3.63) is 42.0 Å². The van der Waals surface area contributed by atoms with Gasteiger partial charge in [0, 0.05) is 37.8 Å². The van der Waals surface area contributed by atoms with Crippen LogP contribution in [-0.2, 0) is 6.42 Å². The maximum Gasteiger partial charge on any atom is 0.0472 e. The largest absolute Gasteiger partial charge is 0.399 e. The zero-order valence-electron chi connectivity index (χ0n) is 11.9. The Balaban J connectivity index is 2.59. The highest BCUT2D eigenvalue weighted by Crippen LogP contribution is 2.32. The molecule has 0 spiro atoms. The molecule has 4 heteroatoms. The van der Waals surface area contributed by atoms with Crippen molar-refractivity contribution in [1.29, 1.82) is 0 Å². The van der Waals surface area contributed by atoms with Gasteiger partial charge in [-0.2, -0.15) is 0 Å². The van der Waals surface area contributed by atoms with E-state index in [-0.39, 0.29) is 6.61 Å². The van der Waals surface area contributed by atoms with Gasteiger partial charge >= 0.3 is 0 Å². The molecule has 0 heterocycles. The van der Waals surface area contributed by atoms with Crippen LogP contribution >= 0.6 is 0 Å². The van der Waals surface area contributed by atoms with Crippen LogP contribution in [-0.4, -0.2) is 25.8 Å². The third kappa shape index (κ3) is 2.86. The highest BCUT2D eigenvalue weighted by atomic mass is 16.2. The van der Waals surface area contributed by atoms with E-state index in [1.807, 2.05) is 43.3 Å². The summed E-state index contributed by atoms with van der Waals surface area (Å²) in [5.74, 6) is 0. The summed E-state index contributed by atoms with van der Waals surface area (Å²) in [5.41, 5.74) is 17.3. The molecule has 2 aromatic carbocycles. The van der Waals surface area contributed by atoms with Crippen LogP contribution < -0.4 is 16.4 Å². The number of hydrogen-bond acceptors (Lipinski definition) is 4. The average Bonchev–Trinajstić information content (AvgIpc) is 2.41. The first kappa shape index (κ1) is 14.2. The molecule has 20 heavy (non-hydrogen) atoms. The minimum atomic E-state index is 0.0640. The van der Waals surface area contributed by atoms with Gasteiger partial charge in [-0.25, -0.2) is 0 Å². The Morgan fingerprint density at radius 3 is 2.50 bits per heavy atom. The Hall–Kier alpha value is -2.20. The molecule has 0 saturated carbocycles. The monoisotopic (exact) mass is 271 g/mol. The zero-order valence-corrected chi connectivity index (χ0v) is 11.9. The second-order valence-electron chi connectivity index (χ2n) is 5.05. The van der Waals surface area contributed by atoms with Gasteiger partial charge in [0.1, 0.15) is 0 Å². The number of nitrogen functional groups attached to an aromatic ring is 2. The normalized spacial score (nSPS) is 10.6. The van der Waals surface area contributed by atoms with E-state index >= 15 is 0 Å². The van der Waals surface area contributed by atoms with Gasteiger partial charge in [-0.15, -0.1) is 0 Å². The number of hydrogen-bond donors (Lipinski definition) is 3. The topological polar surface area (TPSA) is 75.5 Å². The van der Waals surface area contributed by atoms with Crippen LogP contribution in [0.1, 0.15) is 5.56 Å². The number of aliphatic hydroxyl groups excluding tert-OH is 1. The van der Waals surface area contributed by atoms with Crippen molar-refractivity contribution < 1.29 is 5.11 Å². The number of nitrogens with two attached hydrogens (primary N) is 2. The summed E-state index contributed by atoms with van der Waals surface area (Å²) in [6.45, 7) is 0.0640. The van der Waals surface area contributed by atoms with Gasteiger partial charge in [-0.3, -0.25) is 0 Å². The van der Waals surface area contributed by atoms with Crippen molar-refractivity contribution in [2.24, 2.45) is 0 Å². The second-order valence-corrected chi connectivity index (χ2v) is 5.05. The third-order valence-electron chi connectivity index (χ3n) is 3.34. The number of rotatable bonds is 4. The van der Waals surface area contributed by atoms with Crippen molar-refractivity contribution in [2.45, 2.75) is 6.42 Å². The Bertz CT molecular complexity index is 609. The molecule has 0 aliphatic rings. The molecule has 0 aliphatic carbocycles. The van der Waals surface area contributed by atoms with Gasteiger partial charge in [0.15, 0.2) is 0 Å². The van der Waals surface area contributed by atoms with Crippen LogP contribution in [0.5, 0.6) is 0 Å². The maximum atomic E-state index is 9.23. The van der Waals surface area contributed by atoms with Crippen LogP contribution in [0.15, 0.2) is 36.4 Å². The quantitative estimate of drug-likeness (QED) is 0.745. The van der Waals surface area contributed by atoms with E-state index in [9.17, 15) is 5.11 Å². The van der Waals surface area contributed by atoms with E-state index in [1.165, 1.54) is 0 Å². The molecule has 0 atom stereocenters. The van der Waals surface area contributed by atoms with Crippen LogP contribution in [0.2, 0.25) is 0 Å². The van der Waals surface area contributed by atoms with Crippen LogP contribution in [0.25, 0.3) is 11.1 Å². The van der Waals surface area contributed by atoms with Crippen molar-refractivity contribution in [2.75, 3.05) is 37.1 Å². The number of anilines is 3. The lowest BCUT2D eigenvalue weighted by Crippen LogP contribution is -2.08. The fourth-order valence-electron chi connectivity index (χ4n) is 2.32. The lowest BCUT2D eigenvalue weighted by molar-refractivity contribution is 0.300. The maximum absolute atomic E-state index is 9.23. The van der Waals surface area contributed by atoms with Crippen molar-refractivity contribution >= 4 is 17.1 Å². The van der Waals surface area contributed by atoms with Gasteiger partial charge < -0.3 is 21.5 Å². The van der Waals surface area contributed by atoms with Gasteiger partial charge in [0.25, 0.3) is 0 Å². The molecule has 2 aromatic rings. The smallest absolute Gasteiger partial charge is 0.0472 e. The number of benzene rings is 2. The van der Waals surface area contributed by atoms with Gasteiger partial charge in [0.05, 0.1) is 0 Å². The lowest BCUT2D eigenvalue weighted by Gasteiger charge is -2.17. The Morgan fingerprint density at radius 2 is 1.85 bits per heavy atom. The summed E-state index contributed by atoms with van der Waals surface area (Å²) in [4.78, 5) is 2.05. The SMILES string of the molecule is CN(C)c1cccc(-c2cc(N)cc(N)c2CCO)c1. The summed E-state index contributed by atoms with van der Waals surface area (Å²) in [6, 6.07) is 11.8. The van der Waals surface area contributed by atoms with Crippen LogP contribution in [0.3, 0.4) is 0 Å². The Morgan fingerprint density at radius 1 is 1.10 bits per heavy atom. The molecule has 0 unspecified atom stereocenters. The second kappa shape index (κ2) is 5.84. The Labute approximate surface area is 119 Å². The summed E-state index contributed by atoms with van der Waals surface area (Å²) in [6.07, 6.45) is 0.521. The first-order chi connectivity index (χ1) is 9.52. The Kier molecular flexibility index (Phi) is 4.15. The minimum Gasteiger partial charge on any atom is -0.399 e. The first-order valence-corrected chi connectivity index (χ1v) is 6.59. The molecule has 106 valence electrons. The van der Waals surface area contributed by atoms with Crippen LogP contribution in [0, 0.1) is 0 Å². The predicted octanol–water partition coefficient (Wildman–Crippen LogP) is 2.12. The molecule has 2 rings (SSSR count). The summed E-state index contributed by atoms with van der Waals surface area (Å²) >= 11 is 0. The minimum absolute atomic E-state index is 0.0640. The average molecular weight is 271 g/mol. The van der Waals surface area contributed by atoms with Gasteiger partial charge in [-0.1, -0.05) is 12.1 Å². The van der Waals surface area contributed by atoms with Crippen LogP contribution in [0.4, 0.5) is 17.1 Å². The standard InChI is InChI=1S/C16H21N3O/c1-19(2)13-5-3-4-11(8-13)15-9-12(17)10-16(18)14(15)6-7-20/h3-5,8-10,20H,6-7,17-18H2,1-2H3. The van der Waals surface area contributed by atoms with Gasteiger partial charge in [-0.05, 0) is 47.4 Å². The fraction of sp³-hybridized carbons (Fsp3) is 0.250. The first-order valence-electron chi connectivity index (χ1n) is 6.59. The zero-order chi connectivity index (χ0) is 14.7. The molecule has 0 aliphatic heterocycles. The van der Waals surface area contributed by atoms with Crippen molar-refractivity contribution in [3.8, 4) is 11.1 Å². The molecule has 0 bridgehead atoms. The molecular formula is C16H21N3O. The molecule has 4 nitrogen and oxygen atoms in total. The van der Waals surface area contributed by atoms with E-state index in [0.717, 1.165) is 22.4 Å². The molecule has 0 aromatic heterocycles. The summed E-state index contributed by atoms with van der Waals surface area (Å²) in [5, 5.41) is 9.23. The molecule has 0 fully saturated rings. The highest BCUT2D eigenvalue weighted by molar-refractivity contribution is 5.79. The van der Waals surface area contributed by atoms with E-state index in [4.69, 9.17) is 11.5 Å². The van der Waals surface area contributed by atoms with E-state index in [2.05, 4.69) is 6.07 Å². The van der Waals surface area contributed by atoms with E-state index in [0.29, 0.717) is 17.8 Å². The van der Waals surface area contributed by atoms with E-state index < -0.39 is 0 Å². The van der Waals surface area contributed by atoms with Crippen molar-refractivity contribution in [3.63, 3.8) is 0 Å². The molecule has 0 radical (unpaired) electrons. The van der Waals surface area contributed by atoms with Crippen molar-refractivity contribution in [1.82, 2.24) is 0 Å². The number of aliphatic hydroxyl groups is 1. The molecule has 5 N–H and O–H groups in total. The predicted molar refractivity (Wildman–Crippen MR) is 85.8 cm³/mol. The number of nitrogens with zero attached hydrogens (tertiary/aromatic N) is 1. The van der Waals surface area contributed by atoms with E-state index in [1.54, 1.807) is 6.07 Å².